The molecular weight excluding hydrogens is 262 g/mol. The molecule has 0 unspecified atom stereocenters. The van der Waals surface area contributed by atoms with Gasteiger partial charge in [-0.2, -0.15) is 0 Å². The Kier molecular flexibility index (Phi) is 4.60. The molecule has 1 aromatic rings. The van der Waals surface area contributed by atoms with Crippen LogP contribution in [-0.2, 0) is 9.53 Å². The Bertz CT molecular complexity index is 557. The summed E-state index contributed by atoms with van der Waals surface area (Å²) in [5.74, 6) is -1.31. The zero-order valence-electron chi connectivity index (χ0n) is 11.9. The molecule has 0 aliphatic carbocycles. The van der Waals surface area contributed by atoms with E-state index in [1.165, 1.54) is 12.1 Å². The zero-order chi connectivity index (χ0) is 15.5. The third-order valence-electron chi connectivity index (χ3n) is 2.37. The van der Waals surface area contributed by atoms with Crippen LogP contribution >= 0.6 is 0 Å². The number of rotatable bonds is 4. The summed E-state index contributed by atoms with van der Waals surface area (Å²) in [7, 11) is 0. The van der Waals surface area contributed by atoms with Gasteiger partial charge in [0.15, 0.2) is 5.78 Å². The average Bonchev–Trinajstić information content (AvgIpc) is 2.25. The number of carbonyl (C=O) groups is 2. The molecule has 0 heterocycles. The maximum Gasteiger partial charge on any atom is 0.314 e. The molecule has 0 amide bonds. The van der Waals surface area contributed by atoms with Crippen molar-refractivity contribution in [1.29, 1.82) is 0 Å². The molecule has 0 fully saturated rings. The fraction of sp³-hybridized carbons (Fsp3) is 0.429. The van der Waals surface area contributed by atoms with Crippen molar-refractivity contribution >= 4 is 17.4 Å². The number of ketones is 1. The Morgan fingerprint density at radius 1 is 1.30 bits per heavy atom. The molecule has 0 saturated heterocycles. The summed E-state index contributed by atoms with van der Waals surface area (Å²) in [6, 6.07) is 4.21. The number of nitro groups is 1. The van der Waals surface area contributed by atoms with Crippen LogP contribution < -0.4 is 0 Å². The first-order valence-electron chi connectivity index (χ1n) is 6.10. The molecule has 0 spiro atoms. The molecule has 0 N–H and O–H groups in total. The highest BCUT2D eigenvalue weighted by Crippen LogP contribution is 2.22. The topological polar surface area (TPSA) is 86.5 Å². The highest BCUT2D eigenvalue weighted by molar-refractivity contribution is 6.08. The van der Waals surface area contributed by atoms with Gasteiger partial charge >= 0.3 is 5.97 Å². The molecule has 108 valence electrons. The monoisotopic (exact) mass is 279 g/mol. The SMILES string of the molecule is Cc1ccc([N+](=O)[O-])c(C(=O)CC(=O)OC(C)(C)C)c1. The number of benzene rings is 1. The first-order valence-corrected chi connectivity index (χ1v) is 6.10. The van der Waals surface area contributed by atoms with Crippen molar-refractivity contribution in [3.8, 4) is 0 Å². The van der Waals surface area contributed by atoms with Crippen LogP contribution in [0.3, 0.4) is 0 Å². The third kappa shape index (κ3) is 4.46. The van der Waals surface area contributed by atoms with Gasteiger partial charge in [0.05, 0.1) is 10.5 Å². The van der Waals surface area contributed by atoms with Gasteiger partial charge in [0.1, 0.15) is 12.0 Å². The molecule has 1 rings (SSSR count). The summed E-state index contributed by atoms with van der Waals surface area (Å²) in [5, 5.41) is 10.9. The Morgan fingerprint density at radius 2 is 1.90 bits per heavy atom. The maximum absolute atomic E-state index is 12.0. The van der Waals surface area contributed by atoms with Crippen molar-refractivity contribution in [3.05, 3.63) is 39.4 Å². The van der Waals surface area contributed by atoms with Crippen molar-refractivity contribution < 1.29 is 19.2 Å². The van der Waals surface area contributed by atoms with E-state index in [2.05, 4.69) is 0 Å². The van der Waals surface area contributed by atoms with Crippen LogP contribution in [0.2, 0.25) is 0 Å². The number of nitro benzene ring substituents is 1. The summed E-state index contributed by atoms with van der Waals surface area (Å²) in [6.07, 6.45) is -0.512. The van der Waals surface area contributed by atoms with Gasteiger partial charge in [-0.15, -0.1) is 0 Å². The lowest BCUT2D eigenvalue weighted by atomic mass is 10.0. The Balaban J connectivity index is 2.95. The summed E-state index contributed by atoms with van der Waals surface area (Å²) in [4.78, 5) is 33.9. The zero-order valence-corrected chi connectivity index (χ0v) is 11.9. The van der Waals surface area contributed by atoms with Crippen LogP contribution in [0.15, 0.2) is 18.2 Å². The van der Waals surface area contributed by atoms with Crippen molar-refractivity contribution in [1.82, 2.24) is 0 Å². The van der Waals surface area contributed by atoms with Crippen LogP contribution in [0.25, 0.3) is 0 Å². The molecule has 0 aromatic heterocycles. The van der Waals surface area contributed by atoms with E-state index in [0.717, 1.165) is 0 Å². The summed E-state index contributed by atoms with van der Waals surface area (Å²) < 4.78 is 5.03. The molecule has 1 aromatic carbocycles. The number of hydrogen-bond donors (Lipinski definition) is 0. The molecular formula is C14H17NO5. The van der Waals surface area contributed by atoms with Gasteiger partial charge in [-0.05, 0) is 39.3 Å². The molecule has 20 heavy (non-hydrogen) atoms. The van der Waals surface area contributed by atoms with Gasteiger partial charge in [-0.3, -0.25) is 19.7 Å². The third-order valence-corrected chi connectivity index (χ3v) is 2.37. The van der Waals surface area contributed by atoms with Crippen molar-refractivity contribution in [2.45, 2.75) is 39.7 Å². The predicted octanol–water partition coefficient (Wildman–Crippen LogP) is 2.82. The summed E-state index contributed by atoms with van der Waals surface area (Å²) in [5.41, 5.74) is -0.358. The Hall–Kier alpha value is -2.24. The second-order valence-corrected chi connectivity index (χ2v) is 5.46. The number of Topliss-reactive ketones (excluding diaryl/α,β-unsaturated/α-hetero) is 1. The predicted molar refractivity (Wildman–Crippen MR) is 72.6 cm³/mol. The van der Waals surface area contributed by atoms with Gasteiger partial charge < -0.3 is 4.74 Å². The number of nitrogens with zero attached hydrogens (tertiary/aromatic N) is 1. The molecule has 0 aliphatic heterocycles. The molecule has 6 nitrogen and oxygen atoms in total. The van der Waals surface area contributed by atoms with Crippen molar-refractivity contribution in [2.24, 2.45) is 0 Å². The van der Waals surface area contributed by atoms with Crippen LogP contribution in [0.1, 0.15) is 43.1 Å². The molecule has 6 heteroatoms. The minimum Gasteiger partial charge on any atom is -0.460 e. The lowest BCUT2D eigenvalue weighted by molar-refractivity contribution is -0.385. The van der Waals surface area contributed by atoms with Crippen LogP contribution in [0, 0.1) is 17.0 Å². The van der Waals surface area contributed by atoms with E-state index >= 15 is 0 Å². The van der Waals surface area contributed by atoms with Gasteiger partial charge in [0.25, 0.3) is 5.69 Å². The van der Waals surface area contributed by atoms with Crippen LogP contribution in [0.4, 0.5) is 5.69 Å². The first-order chi connectivity index (χ1) is 9.10. The average molecular weight is 279 g/mol. The smallest absolute Gasteiger partial charge is 0.314 e. The number of aryl methyl sites for hydroxylation is 1. The molecule has 0 atom stereocenters. The fourth-order valence-electron chi connectivity index (χ4n) is 1.64. The fourth-order valence-corrected chi connectivity index (χ4v) is 1.64. The Morgan fingerprint density at radius 3 is 2.40 bits per heavy atom. The number of hydrogen-bond acceptors (Lipinski definition) is 5. The van der Waals surface area contributed by atoms with Crippen LogP contribution in [0.5, 0.6) is 0 Å². The van der Waals surface area contributed by atoms with Gasteiger partial charge in [-0.1, -0.05) is 6.07 Å². The van der Waals surface area contributed by atoms with Crippen molar-refractivity contribution in [2.75, 3.05) is 0 Å². The first kappa shape index (κ1) is 15.8. The van der Waals surface area contributed by atoms with E-state index in [4.69, 9.17) is 4.74 Å². The molecule has 0 bridgehead atoms. The number of carbonyl (C=O) groups excluding carboxylic acids is 2. The number of ether oxygens (including phenoxy) is 1. The van der Waals surface area contributed by atoms with Crippen molar-refractivity contribution in [3.63, 3.8) is 0 Å². The van der Waals surface area contributed by atoms with E-state index in [-0.39, 0.29) is 11.3 Å². The van der Waals surface area contributed by atoms with E-state index < -0.39 is 28.7 Å². The lowest BCUT2D eigenvalue weighted by Crippen LogP contribution is -2.25. The molecule has 0 saturated carbocycles. The van der Waals surface area contributed by atoms with Gasteiger partial charge in [0, 0.05) is 6.07 Å². The molecule has 0 aliphatic rings. The summed E-state index contributed by atoms with van der Waals surface area (Å²) >= 11 is 0. The van der Waals surface area contributed by atoms with E-state index in [1.54, 1.807) is 33.8 Å². The highest BCUT2D eigenvalue weighted by Gasteiger charge is 2.24. The van der Waals surface area contributed by atoms with Gasteiger partial charge in [0.2, 0.25) is 0 Å². The second-order valence-electron chi connectivity index (χ2n) is 5.46. The minimum atomic E-state index is -0.699. The largest absolute Gasteiger partial charge is 0.460 e. The van der Waals surface area contributed by atoms with Gasteiger partial charge in [-0.25, -0.2) is 0 Å². The van der Waals surface area contributed by atoms with Crippen LogP contribution in [-0.4, -0.2) is 22.3 Å². The van der Waals surface area contributed by atoms with E-state index in [1.807, 2.05) is 0 Å². The highest BCUT2D eigenvalue weighted by atomic mass is 16.6. The molecule has 0 radical (unpaired) electrons. The maximum atomic E-state index is 12.0. The quantitative estimate of drug-likeness (QED) is 0.278. The second kappa shape index (κ2) is 5.81. The Labute approximate surface area is 116 Å². The standard InChI is InChI=1S/C14H17NO5/c1-9-5-6-11(15(18)19)10(7-9)12(16)8-13(17)20-14(2,3)4/h5-7H,8H2,1-4H3. The number of esters is 1. The van der Waals surface area contributed by atoms with E-state index in [0.29, 0.717) is 5.56 Å². The summed E-state index contributed by atoms with van der Waals surface area (Å²) in [6.45, 7) is 6.77. The van der Waals surface area contributed by atoms with E-state index in [9.17, 15) is 19.7 Å². The lowest BCUT2D eigenvalue weighted by Gasteiger charge is -2.19. The normalized spacial score (nSPS) is 11.0. The minimum absolute atomic E-state index is 0.0686.